The number of benzene rings is 1. The molecule has 0 aliphatic carbocycles. The van der Waals surface area contributed by atoms with E-state index in [0.29, 0.717) is 11.4 Å². The van der Waals surface area contributed by atoms with E-state index in [2.05, 4.69) is 20.7 Å². The number of carbonyl (C=O) groups excluding carboxylic acids is 2. The van der Waals surface area contributed by atoms with Gasteiger partial charge in [0.25, 0.3) is 0 Å². The highest BCUT2D eigenvalue weighted by atomic mass is 35.5. The Morgan fingerprint density at radius 2 is 1.68 bits per heavy atom. The first-order valence-electron chi connectivity index (χ1n) is 7.26. The molecule has 8 nitrogen and oxygen atoms in total. The zero-order valence-corrected chi connectivity index (χ0v) is 15.5. The Hall–Kier alpha value is -2.16. The van der Waals surface area contributed by atoms with Crippen molar-refractivity contribution in [2.45, 2.75) is 32.4 Å². The number of nitrogens with one attached hydrogen (secondary N) is 2. The third-order valence-electron chi connectivity index (χ3n) is 3.16. The van der Waals surface area contributed by atoms with Gasteiger partial charge in [0.15, 0.2) is 0 Å². The largest absolute Gasteiger partial charge is 0.327 e. The first-order chi connectivity index (χ1) is 11.0. The number of nitrogens with two attached hydrogens (primary N) is 1. The number of carbonyl (C=O) groups is 2. The molecule has 0 bridgehead atoms. The molecule has 0 aliphatic heterocycles. The van der Waals surface area contributed by atoms with Crippen molar-refractivity contribution in [3.63, 3.8) is 0 Å². The van der Waals surface area contributed by atoms with Crippen molar-refractivity contribution >= 4 is 48.0 Å². The summed E-state index contributed by atoms with van der Waals surface area (Å²) in [5.41, 5.74) is 6.86. The normalized spacial score (nSPS) is 12.1. The minimum Gasteiger partial charge on any atom is -0.327 e. The fraction of sp³-hybridized carbons (Fsp3) is 0.333. The Morgan fingerprint density at radius 1 is 1.12 bits per heavy atom. The van der Waals surface area contributed by atoms with E-state index >= 15 is 0 Å². The summed E-state index contributed by atoms with van der Waals surface area (Å²) in [4.78, 5) is 27.6. The van der Waals surface area contributed by atoms with E-state index in [0.717, 1.165) is 0 Å². The zero-order valence-electron chi connectivity index (χ0n) is 13.9. The topological polar surface area (TPSA) is 115 Å². The Labute approximate surface area is 158 Å². The van der Waals surface area contributed by atoms with Gasteiger partial charge in [0.1, 0.15) is 18.7 Å². The summed E-state index contributed by atoms with van der Waals surface area (Å²) in [6, 6.07) is 6.21. The Balaban J connectivity index is 0.00000288. The van der Waals surface area contributed by atoms with Crippen molar-refractivity contribution in [3.8, 4) is 0 Å². The maximum Gasteiger partial charge on any atom is 0.249 e. The Morgan fingerprint density at radius 3 is 2.16 bits per heavy atom. The number of rotatable bonds is 6. The molecule has 0 fully saturated rings. The van der Waals surface area contributed by atoms with Crippen molar-refractivity contribution in [1.29, 1.82) is 0 Å². The standard InChI is InChI=1S/C15H20N6O2.2ClH/c1-10(16)7-14(22)19-12-3-5-13(6-4-12)20-15(23)11(2)21-9-17-8-18-21;;/h3-6,8-11H,7,16H2,1-2H3,(H,19,22)(H,20,23);2*1H. The Kier molecular flexibility index (Phi) is 9.73. The van der Waals surface area contributed by atoms with Crippen LogP contribution in [0.5, 0.6) is 0 Å². The lowest BCUT2D eigenvalue weighted by molar-refractivity contribution is -0.119. The Bertz CT molecular complexity index is 661. The van der Waals surface area contributed by atoms with Gasteiger partial charge in [0.05, 0.1) is 0 Å². The molecule has 2 unspecified atom stereocenters. The molecular weight excluding hydrogens is 367 g/mol. The second kappa shape index (κ2) is 10.7. The van der Waals surface area contributed by atoms with Gasteiger partial charge in [0.2, 0.25) is 11.8 Å². The van der Waals surface area contributed by atoms with Crippen LogP contribution >= 0.6 is 24.8 Å². The monoisotopic (exact) mass is 388 g/mol. The van der Waals surface area contributed by atoms with Crippen molar-refractivity contribution in [3.05, 3.63) is 36.9 Å². The van der Waals surface area contributed by atoms with E-state index in [-0.39, 0.29) is 49.1 Å². The lowest BCUT2D eigenvalue weighted by atomic mass is 10.2. The highest BCUT2D eigenvalue weighted by Crippen LogP contribution is 2.15. The van der Waals surface area contributed by atoms with Crippen molar-refractivity contribution in [2.75, 3.05) is 10.6 Å². The van der Waals surface area contributed by atoms with E-state index < -0.39 is 6.04 Å². The molecule has 0 radical (unpaired) electrons. The van der Waals surface area contributed by atoms with E-state index in [4.69, 9.17) is 5.73 Å². The quantitative estimate of drug-likeness (QED) is 0.699. The molecule has 2 rings (SSSR count). The second-order valence-corrected chi connectivity index (χ2v) is 5.35. The lowest BCUT2D eigenvalue weighted by Gasteiger charge is -2.12. The number of anilines is 2. The number of amides is 2. The van der Waals surface area contributed by atoms with Crippen LogP contribution in [0.25, 0.3) is 0 Å². The van der Waals surface area contributed by atoms with E-state index in [9.17, 15) is 9.59 Å². The molecule has 0 aliphatic rings. The van der Waals surface area contributed by atoms with Crippen LogP contribution in [-0.4, -0.2) is 32.6 Å². The van der Waals surface area contributed by atoms with Gasteiger partial charge >= 0.3 is 0 Å². The van der Waals surface area contributed by atoms with Crippen molar-refractivity contribution in [2.24, 2.45) is 5.73 Å². The van der Waals surface area contributed by atoms with E-state index in [1.165, 1.54) is 17.3 Å². The highest BCUT2D eigenvalue weighted by Gasteiger charge is 2.15. The predicted octanol–water partition coefficient (Wildman–Crippen LogP) is 2.00. The fourth-order valence-electron chi connectivity index (χ4n) is 1.93. The number of halogens is 2. The van der Waals surface area contributed by atoms with Crippen LogP contribution in [0.15, 0.2) is 36.9 Å². The van der Waals surface area contributed by atoms with Crippen LogP contribution in [0.4, 0.5) is 11.4 Å². The van der Waals surface area contributed by atoms with Crippen molar-refractivity contribution < 1.29 is 9.59 Å². The van der Waals surface area contributed by atoms with Crippen molar-refractivity contribution in [1.82, 2.24) is 14.8 Å². The minimum absolute atomic E-state index is 0. The van der Waals surface area contributed by atoms with Crippen LogP contribution in [0.1, 0.15) is 26.3 Å². The number of aromatic nitrogens is 3. The molecule has 1 heterocycles. The predicted molar refractivity (Wildman–Crippen MR) is 101 cm³/mol. The smallest absolute Gasteiger partial charge is 0.249 e. The van der Waals surface area contributed by atoms with E-state index in [1.54, 1.807) is 38.1 Å². The molecule has 25 heavy (non-hydrogen) atoms. The van der Waals surface area contributed by atoms with Gasteiger partial charge in [-0.3, -0.25) is 9.59 Å². The van der Waals surface area contributed by atoms with Gasteiger partial charge in [-0.05, 0) is 38.1 Å². The van der Waals surface area contributed by atoms with Gasteiger partial charge in [-0.2, -0.15) is 5.10 Å². The third kappa shape index (κ3) is 7.08. The number of nitrogens with zero attached hydrogens (tertiary/aromatic N) is 3. The second-order valence-electron chi connectivity index (χ2n) is 5.35. The van der Waals surface area contributed by atoms with Crippen LogP contribution < -0.4 is 16.4 Å². The summed E-state index contributed by atoms with van der Waals surface area (Å²) in [6.07, 6.45) is 3.12. The molecule has 1 aromatic carbocycles. The number of hydrogen-bond acceptors (Lipinski definition) is 5. The maximum atomic E-state index is 12.1. The molecule has 10 heteroatoms. The molecule has 2 atom stereocenters. The highest BCUT2D eigenvalue weighted by molar-refractivity contribution is 5.94. The number of hydrogen-bond donors (Lipinski definition) is 3. The average Bonchev–Trinajstić information content (AvgIpc) is 3.01. The van der Waals surface area contributed by atoms with Crippen LogP contribution in [0.3, 0.4) is 0 Å². The summed E-state index contributed by atoms with van der Waals surface area (Å²) >= 11 is 0. The minimum atomic E-state index is -0.470. The SMILES string of the molecule is CC(N)CC(=O)Nc1ccc(NC(=O)C(C)n2cncn2)cc1.Cl.Cl. The van der Waals surface area contributed by atoms with Gasteiger partial charge in [-0.15, -0.1) is 24.8 Å². The summed E-state index contributed by atoms with van der Waals surface area (Å²) in [6.45, 7) is 3.50. The molecule has 0 spiro atoms. The summed E-state index contributed by atoms with van der Waals surface area (Å²) in [7, 11) is 0. The molecule has 1 aromatic heterocycles. The molecule has 2 amide bonds. The summed E-state index contributed by atoms with van der Waals surface area (Å²) in [5, 5.41) is 9.46. The maximum absolute atomic E-state index is 12.1. The molecular formula is C15H22Cl2N6O2. The van der Waals surface area contributed by atoms with E-state index in [1.807, 2.05) is 0 Å². The molecule has 4 N–H and O–H groups in total. The third-order valence-corrected chi connectivity index (χ3v) is 3.16. The van der Waals surface area contributed by atoms with Gasteiger partial charge in [0, 0.05) is 23.8 Å². The molecule has 0 saturated carbocycles. The first kappa shape index (κ1) is 22.8. The lowest BCUT2D eigenvalue weighted by Crippen LogP contribution is -2.24. The zero-order chi connectivity index (χ0) is 16.8. The van der Waals surface area contributed by atoms with Crippen LogP contribution in [0.2, 0.25) is 0 Å². The first-order valence-corrected chi connectivity index (χ1v) is 7.26. The van der Waals surface area contributed by atoms with Crippen LogP contribution in [-0.2, 0) is 9.59 Å². The summed E-state index contributed by atoms with van der Waals surface area (Å²) < 4.78 is 1.47. The molecule has 2 aromatic rings. The molecule has 138 valence electrons. The van der Waals surface area contributed by atoms with Gasteiger partial charge < -0.3 is 16.4 Å². The van der Waals surface area contributed by atoms with Crippen LogP contribution in [0, 0.1) is 0 Å². The van der Waals surface area contributed by atoms with Gasteiger partial charge in [-0.25, -0.2) is 9.67 Å². The average molecular weight is 389 g/mol. The summed E-state index contributed by atoms with van der Waals surface area (Å²) in [5.74, 6) is -0.346. The van der Waals surface area contributed by atoms with Gasteiger partial charge in [-0.1, -0.05) is 0 Å². The fourth-order valence-corrected chi connectivity index (χ4v) is 1.93. The molecule has 0 saturated heterocycles.